The molecule has 0 saturated heterocycles. The Bertz CT molecular complexity index is 1440. The first-order valence-electron chi connectivity index (χ1n) is 13.6. The van der Waals surface area contributed by atoms with Gasteiger partial charge < -0.3 is 15.2 Å². The lowest BCUT2D eigenvalue weighted by molar-refractivity contribution is 0.373. The van der Waals surface area contributed by atoms with Gasteiger partial charge in [-0.1, -0.05) is 12.1 Å². The van der Waals surface area contributed by atoms with Gasteiger partial charge in [0.1, 0.15) is 23.1 Å². The molecular formula is C33H29F4NO2. The van der Waals surface area contributed by atoms with Gasteiger partial charge in [-0.05, 0) is 121 Å². The van der Waals surface area contributed by atoms with E-state index in [0.29, 0.717) is 11.5 Å². The van der Waals surface area contributed by atoms with E-state index >= 15 is 0 Å². The van der Waals surface area contributed by atoms with Crippen molar-refractivity contribution >= 4 is 0 Å². The molecule has 0 spiro atoms. The van der Waals surface area contributed by atoms with Crippen LogP contribution in [0, 0.1) is 23.3 Å². The highest BCUT2D eigenvalue weighted by Gasteiger charge is 2.34. The molecule has 0 heterocycles. The van der Waals surface area contributed by atoms with Gasteiger partial charge in [-0.3, -0.25) is 0 Å². The van der Waals surface area contributed by atoms with E-state index < -0.39 is 23.3 Å². The maximum Gasteiger partial charge on any atom is 0.168 e. The Kier molecular flexibility index (Phi) is 7.24. The van der Waals surface area contributed by atoms with Gasteiger partial charge >= 0.3 is 0 Å². The first-order valence-corrected chi connectivity index (χ1v) is 13.6. The molecule has 7 heteroatoms. The van der Waals surface area contributed by atoms with E-state index in [0.717, 1.165) is 61.8 Å². The third kappa shape index (κ3) is 5.30. The molecule has 0 fully saturated rings. The van der Waals surface area contributed by atoms with Gasteiger partial charge in [-0.25, -0.2) is 17.6 Å². The van der Waals surface area contributed by atoms with Gasteiger partial charge in [0.2, 0.25) is 0 Å². The molecule has 40 heavy (non-hydrogen) atoms. The summed E-state index contributed by atoms with van der Waals surface area (Å²) in [5, 5.41) is 0. The zero-order chi connectivity index (χ0) is 27.8. The molecule has 3 nitrogen and oxygen atoms in total. The number of nitrogens with two attached hydrogens (primary N) is 1. The Morgan fingerprint density at radius 3 is 1.48 bits per heavy atom. The average molecular weight is 548 g/mol. The van der Waals surface area contributed by atoms with Gasteiger partial charge in [0.05, 0.1) is 0 Å². The molecule has 0 bridgehead atoms. The molecule has 0 saturated carbocycles. The highest BCUT2D eigenvalue weighted by molar-refractivity contribution is 5.45. The molecule has 4 aromatic rings. The van der Waals surface area contributed by atoms with E-state index in [9.17, 15) is 17.6 Å². The van der Waals surface area contributed by atoms with Crippen LogP contribution in [0.15, 0.2) is 72.8 Å². The fraction of sp³-hybridized carbons (Fsp3) is 0.273. The van der Waals surface area contributed by atoms with Crippen LogP contribution in [0.3, 0.4) is 0 Å². The summed E-state index contributed by atoms with van der Waals surface area (Å²) in [6.07, 6.45) is 5.66. The molecule has 2 atom stereocenters. The summed E-state index contributed by atoms with van der Waals surface area (Å²) in [6.45, 7) is 0. The summed E-state index contributed by atoms with van der Waals surface area (Å²) in [6, 6.07) is 18.0. The predicted molar refractivity (Wildman–Crippen MR) is 145 cm³/mol. The number of benzene rings is 4. The molecule has 2 aliphatic rings. The Morgan fingerprint density at radius 2 is 1.05 bits per heavy atom. The highest BCUT2D eigenvalue weighted by atomic mass is 19.1. The lowest BCUT2D eigenvalue weighted by atomic mass is 9.70. The zero-order valence-corrected chi connectivity index (χ0v) is 21.8. The number of ether oxygens (including phenoxy) is 2. The van der Waals surface area contributed by atoms with Gasteiger partial charge in [-0.15, -0.1) is 0 Å². The Hall–Kier alpha value is -3.84. The fourth-order valence-electron chi connectivity index (χ4n) is 6.23. The van der Waals surface area contributed by atoms with Gasteiger partial charge in [0, 0.05) is 18.2 Å². The van der Waals surface area contributed by atoms with Crippen LogP contribution in [0.4, 0.5) is 17.6 Å². The van der Waals surface area contributed by atoms with E-state index in [1.807, 2.05) is 36.4 Å². The number of rotatable bonds is 6. The van der Waals surface area contributed by atoms with Crippen LogP contribution in [0.25, 0.3) is 0 Å². The average Bonchev–Trinajstić information content (AvgIpc) is 2.95. The second kappa shape index (κ2) is 11.0. The van der Waals surface area contributed by atoms with Crippen molar-refractivity contribution in [1.82, 2.24) is 0 Å². The van der Waals surface area contributed by atoms with Crippen molar-refractivity contribution in [3.8, 4) is 23.0 Å². The van der Waals surface area contributed by atoms with Crippen LogP contribution < -0.4 is 15.2 Å². The summed E-state index contributed by atoms with van der Waals surface area (Å²) < 4.78 is 66.2. The quantitative estimate of drug-likeness (QED) is 0.246. The molecule has 2 aliphatic carbocycles. The molecule has 0 unspecified atom stereocenters. The number of fused-ring (bicyclic) bond motifs is 2. The van der Waals surface area contributed by atoms with Crippen LogP contribution >= 0.6 is 0 Å². The van der Waals surface area contributed by atoms with E-state index in [1.54, 1.807) is 0 Å². The topological polar surface area (TPSA) is 44.5 Å². The largest absolute Gasteiger partial charge is 0.454 e. The van der Waals surface area contributed by atoms with Crippen LogP contribution in [0.2, 0.25) is 0 Å². The molecule has 206 valence electrons. The van der Waals surface area contributed by atoms with Crippen molar-refractivity contribution in [1.29, 1.82) is 0 Å². The first kappa shape index (κ1) is 26.4. The van der Waals surface area contributed by atoms with E-state index in [4.69, 9.17) is 15.2 Å². The predicted octanol–water partition coefficient (Wildman–Crippen LogP) is 8.69. The molecule has 0 amide bonds. The summed E-state index contributed by atoms with van der Waals surface area (Å²) >= 11 is 0. The summed E-state index contributed by atoms with van der Waals surface area (Å²) in [5.74, 6) is -1.51. The van der Waals surface area contributed by atoms with Crippen molar-refractivity contribution < 1.29 is 27.0 Å². The zero-order valence-electron chi connectivity index (χ0n) is 21.8. The molecular weight excluding hydrogens is 518 g/mol. The Labute approximate surface area is 230 Å². The second-order valence-electron chi connectivity index (χ2n) is 10.6. The van der Waals surface area contributed by atoms with Crippen molar-refractivity contribution in [2.24, 2.45) is 5.73 Å². The minimum atomic E-state index is -0.745. The maximum atomic E-state index is 14.1. The monoisotopic (exact) mass is 547 g/mol. The molecule has 2 N–H and O–H groups in total. The highest BCUT2D eigenvalue weighted by Crippen LogP contribution is 2.44. The van der Waals surface area contributed by atoms with Crippen LogP contribution in [-0.2, 0) is 12.8 Å². The molecule has 0 aliphatic heterocycles. The lowest BCUT2D eigenvalue weighted by Crippen LogP contribution is -2.38. The Balaban J connectivity index is 1.22. The van der Waals surface area contributed by atoms with Crippen molar-refractivity contribution in [3.05, 3.63) is 118 Å². The fourth-order valence-corrected chi connectivity index (χ4v) is 6.23. The molecule has 6 rings (SSSR count). The molecule has 0 radical (unpaired) electrons. The third-order valence-corrected chi connectivity index (χ3v) is 8.12. The van der Waals surface area contributed by atoms with E-state index in [1.165, 1.54) is 35.4 Å². The Morgan fingerprint density at radius 1 is 0.600 bits per heavy atom. The first-order chi connectivity index (χ1) is 19.4. The summed E-state index contributed by atoms with van der Waals surface area (Å²) in [7, 11) is 0. The normalized spacial score (nSPS) is 18.2. The lowest BCUT2D eigenvalue weighted by Gasteiger charge is -2.38. The summed E-state index contributed by atoms with van der Waals surface area (Å²) in [4.78, 5) is 0. The minimum absolute atomic E-state index is 0.0188. The maximum absolute atomic E-state index is 14.1. The number of hydrogen-bond acceptors (Lipinski definition) is 3. The van der Waals surface area contributed by atoms with Gasteiger partial charge in [0.15, 0.2) is 23.1 Å². The van der Waals surface area contributed by atoms with E-state index in [-0.39, 0.29) is 29.4 Å². The van der Waals surface area contributed by atoms with Crippen molar-refractivity contribution in [2.45, 2.75) is 56.4 Å². The number of halogens is 4. The molecule has 4 aromatic carbocycles. The van der Waals surface area contributed by atoms with Gasteiger partial charge in [-0.2, -0.15) is 0 Å². The van der Waals surface area contributed by atoms with Crippen LogP contribution in [0.1, 0.15) is 59.8 Å². The third-order valence-electron chi connectivity index (χ3n) is 8.12. The second-order valence-corrected chi connectivity index (χ2v) is 10.6. The van der Waals surface area contributed by atoms with E-state index in [2.05, 4.69) is 0 Å². The smallest absolute Gasteiger partial charge is 0.168 e. The van der Waals surface area contributed by atoms with Crippen LogP contribution in [-0.4, -0.2) is 6.04 Å². The number of aryl methyl sites for hydroxylation is 2. The SMILES string of the molecule is NC([C@@H]1CCCc2cc(Oc3ccc(F)cc3F)ccc21)[C@@H]1CCCc2cc(Oc3ccc(F)cc3F)ccc21. The van der Waals surface area contributed by atoms with Crippen molar-refractivity contribution in [2.75, 3.05) is 0 Å². The van der Waals surface area contributed by atoms with Crippen LogP contribution in [0.5, 0.6) is 23.0 Å². The van der Waals surface area contributed by atoms with Gasteiger partial charge in [0.25, 0.3) is 0 Å². The standard InChI is InChI=1S/C33H29F4NO2/c34-21-7-13-31(29(36)17-21)39-23-9-11-25-19(15-23)3-1-5-27(25)33(38)28-6-2-4-20-16-24(10-12-26(20)28)40-32-14-8-22(35)18-30(32)37/h7-18,27-28,33H,1-6,38H2/t27-,28-/m1/s1. The molecule has 0 aromatic heterocycles. The minimum Gasteiger partial charge on any atom is -0.454 e. The number of hydrogen-bond donors (Lipinski definition) is 1. The summed E-state index contributed by atoms with van der Waals surface area (Å²) in [5.41, 5.74) is 11.6. The van der Waals surface area contributed by atoms with Crippen molar-refractivity contribution in [3.63, 3.8) is 0 Å².